The van der Waals surface area contributed by atoms with E-state index >= 15 is 0 Å². The fourth-order valence-electron chi connectivity index (χ4n) is 2.79. The van der Waals surface area contributed by atoms with Gasteiger partial charge >= 0.3 is 0 Å². The van der Waals surface area contributed by atoms with Gasteiger partial charge in [0.25, 0.3) is 0 Å². The van der Waals surface area contributed by atoms with Crippen molar-refractivity contribution in [2.75, 3.05) is 19.6 Å². The van der Waals surface area contributed by atoms with Crippen molar-refractivity contribution in [1.29, 1.82) is 0 Å². The lowest BCUT2D eigenvalue weighted by Gasteiger charge is -2.23. The third-order valence-corrected chi connectivity index (χ3v) is 4.36. The number of likely N-dealkylation sites (N-methyl/N-ethyl adjacent to an activating group) is 1. The molecular formula is C21H28N2O. The van der Waals surface area contributed by atoms with Gasteiger partial charge in [0.05, 0.1) is 12.6 Å². The molecule has 0 bridgehead atoms. The molecule has 3 nitrogen and oxygen atoms in total. The Morgan fingerprint density at radius 2 is 1.62 bits per heavy atom. The Balaban J connectivity index is 2.13. The predicted octanol–water partition coefficient (Wildman–Crippen LogP) is 3.74. The Kier molecular flexibility index (Phi) is 7.01. The van der Waals surface area contributed by atoms with Crippen LogP contribution in [0.15, 0.2) is 54.6 Å². The first-order valence-electron chi connectivity index (χ1n) is 8.74. The number of rotatable bonds is 8. The van der Waals surface area contributed by atoms with Gasteiger partial charge in [-0.25, -0.2) is 0 Å². The van der Waals surface area contributed by atoms with Crippen molar-refractivity contribution in [2.45, 2.75) is 33.2 Å². The lowest BCUT2D eigenvalue weighted by Crippen LogP contribution is -2.39. The number of amides is 1. The van der Waals surface area contributed by atoms with Gasteiger partial charge in [0.15, 0.2) is 0 Å². The SMILES string of the molecule is CCN(CC)CC(=O)NC(Cc1ccccc1)c1ccc(C)cc1. The second-order valence-corrected chi connectivity index (χ2v) is 6.18. The minimum atomic E-state index is -0.00365. The topological polar surface area (TPSA) is 32.3 Å². The molecule has 0 spiro atoms. The summed E-state index contributed by atoms with van der Waals surface area (Å²) in [5, 5.41) is 3.22. The van der Waals surface area contributed by atoms with Crippen LogP contribution in [0.3, 0.4) is 0 Å². The van der Waals surface area contributed by atoms with Crippen molar-refractivity contribution in [3.8, 4) is 0 Å². The van der Waals surface area contributed by atoms with E-state index in [0.29, 0.717) is 6.54 Å². The standard InChI is InChI=1S/C21H28N2O/c1-4-23(5-2)16-21(24)22-20(15-18-9-7-6-8-10-18)19-13-11-17(3)12-14-19/h6-14,20H,4-5,15-16H2,1-3H3,(H,22,24). The van der Waals surface area contributed by atoms with E-state index < -0.39 is 0 Å². The molecular weight excluding hydrogens is 296 g/mol. The van der Waals surface area contributed by atoms with Gasteiger partial charge in [-0.05, 0) is 37.6 Å². The molecule has 2 rings (SSSR count). The Morgan fingerprint density at radius 3 is 2.21 bits per heavy atom. The van der Waals surface area contributed by atoms with Crippen molar-refractivity contribution >= 4 is 5.91 Å². The van der Waals surface area contributed by atoms with Crippen LogP contribution in [-0.2, 0) is 11.2 Å². The van der Waals surface area contributed by atoms with E-state index in [-0.39, 0.29) is 11.9 Å². The molecule has 0 aliphatic rings. The van der Waals surface area contributed by atoms with Crippen LogP contribution in [0.5, 0.6) is 0 Å². The second kappa shape index (κ2) is 9.24. The molecule has 24 heavy (non-hydrogen) atoms. The van der Waals surface area contributed by atoms with Crippen molar-refractivity contribution in [3.63, 3.8) is 0 Å². The van der Waals surface area contributed by atoms with Crippen LogP contribution >= 0.6 is 0 Å². The van der Waals surface area contributed by atoms with Crippen LogP contribution < -0.4 is 5.32 Å². The lowest BCUT2D eigenvalue weighted by atomic mass is 9.98. The zero-order valence-corrected chi connectivity index (χ0v) is 15.0. The molecule has 0 aliphatic heterocycles. The minimum Gasteiger partial charge on any atom is -0.348 e. The van der Waals surface area contributed by atoms with Crippen molar-refractivity contribution in [2.24, 2.45) is 0 Å². The van der Waals surface area contributed by atoms with Crippen molar-refractivity contribution in [3.05, 3.63) is 71.3 Å². The first-order chi connectivity index (χ1) is 11.6. The van der Waals surface area contributed by atoms with Gasteiger partial charge in [-0.1, -0.05) is 74.0 Å². The molecule has 1 unspecified atom stereocenters. The minimum absolute atomic E-state index is 0.00365. The van der Waals surface area contributed by atoms with E-state index in [1.807, 2.05) is 18.2 Å². The lowest BCUT2D eigenvalue weighted by molar-refractivity contribution is -0.122. The average Bonchev–Trinajstić information content (AvgIpc) is 2.60. The maximum Gasteiger partial charge on any atom is 0.234 e. The average molecular weight is 324 g/mol. The molecule has 0 heterocycles. The predicted molar refractivity (Wildman–Crippen MR) is 100.0 cm³/mol. The first-order valence-corrected chi connectivity index (χ1v) is 8.74. The van der Waals surface area contributed by atoms with E-state index in [1.54, 1.807) is 0 Å². The summed E-state index contributed by atoms with van der Waals surface area (Å²) in [4.78, 5) is 14.6. The highest BCUT2D eigenvalue weighted by atomic mass is 16.2. The number of benzene rings is 2. The van der Waals surface area contributed by atoms with Crippen LogP contribution in [0.25, 0.3) is 0 Å². The Morgan fingerprint density at radius 1 is 1.00 bits per heavy atom. The molecule has 0 fully saturated rings. The number of hydrogen-bond donors (Lipinski definition) is 1. The fourth-order valence-corrected chi connectivity index (χ4v) is 2.79. The van der Waals surface area contributed by atoms with Gasteiger partial charge < -0.3 is 5.32 Å². The molecule has 2 aromatic rings. The summed E-state index contributed by atoms with van der Waals surface area (Å²) in [6.07, 6.45) is 0.799. The molecule has 0 saturated heterocycles. The first kappa shape index (κ1) is 18.2. The highest BCUT2D eigenvalue weighted by Crippen LogP contribution is 2.19. The third-order valence-electron chi connectivity index (χ3n) is 4.36. The molecule has 128 valence electrons. The van der Waals surface area contributed by atoms with Crippen LogP contribution in [0.4, 0.5) is 0 Å². The maximum atomic E-state index is 12.5. The third kappa shape index (κ3) is 5.50. The largest absolute Gasteiger partial charge is 0.348 e. The summed E-state index contributed by atoms with van der Waals surface area (Å²) in [6, 6.07) is 18.7. The fraction of sp³-hybridized carbons (Fsp3) is 0.381. The normalized spacial score (nSPS) is 12.2. The van der Waals surface area contributed by atoms with Crippen LogP contribution in [0.2, 0.25) is 0 Å². The van der Waals surface area contributed by atoms with Crippen molar-refractivity contribution in [1.82, 2.24) is 10.2 Å². The van der Waals surface area contributed by atoms with Crippen molar-refractivity contribution < 1.29 is 4.79 Å². The summed E-state index contributed by atoms with van der Waals surface area (Å²) in [7, 11) is 0. The molecule has 1 amide bonds. The summed E-state index contributed by atoms with van der Waals surface area (Å²) >= 11 is 0. The quantitative estimate of drug-likeness (QED) is 0.802. The van der Waals surface area contributed by atoms with Gasteiger partial charge in [0.2, 0.25) is 5.91 Å². The Bertz CT molecular complexity index is 618. The van der Waals surface area contributed by atoms with Gasteiger partial charge in [0, 0.05) is 0 Å². The highest BCUT2D eigenvalue weighted by molar-refractivity contribution is 5.78. The summed E-state index contributed by atoms with van der Waals surface area (Å²) in [5.74, 6) is 0.0835. The number of nitrogens with zero attached hydrogens (tertiary/aromatic N) is 1. The van der Waals surface area contributed by atoms with E-state index in [1.165, 1.54) is 11.1 Å². The zero-order chi connectivity index (χ0) is 17.4. The maximum absolute atomic E-state index is 12.5. The van der Waals surface area contributed by atoms with E-state index in [0.717, 1.165) is 25.1 Å². The molecule has 1 atom stereocenters. The van der Waals surface area contributed by atoms with E-state index in [2.05, 4.69) is 67.4 Å². The molecule has 1 N–H and O–H groups in total. The smallest absolute Gasteiger partial charge is 0.234 e. The van der Waals surface area contributed by atoms with Crippen LogP contribution in [-0.4, -0.2) is 30.4 Å². The monoisotopic (exact) mass is 324 g/mol. The molecule has 0 radical (unpaired) electrons. The molecule has 3 heteroatoms. The van der Waals surface area contributed by atoms with E-state index in [9.17, 15) is 4.79 Å². The number of carbonyl (C=O) groups excluding carboxylic acids is 1. The number of nitrogens with one attached hydrogen (secondary N) is 1. The molecule has 0 saturated carbocycles. The molecule has 0 aliphatic carbocycles. The molecule has 0 aromatic heterocycles. The number of aryl methyl sites for hydroxylation is 1. The van der Waals surface area contributed by atoms with Crippen LogP contribution in [0, 0.1) is 6.92 Å². The summed E-state index contributed by atoms with van der Waals surface area (Å²) in [6.45, 7) is 8.46. The Labute approximate surface area is 145 Å². The highest BCUT2D eigenvalue weighted by Gasteiger charge is 2.16. The summed E-state index contributed by atoms with van der Waals surface area (Å²) in [5.41, 5.74) is 3.61. The van der Waals surface area contributed by atoms with Crippen LogP contribution in [0.1, 0.15) is 36.6 Å². The van der Waals surface area contributed by atoms with Gasteiger partial charge in [-0.3, -0.25) is 9.69 Å². The Hall–Kier alpha value is -2.13. The summed E-state index contributed by atoms with van der Waals surface area (Å²) < 4.78 is 0. The number of hydrogen-bond acceptors (Lipinski definition) is 2. The molecule has 2 aromatic carbocycles. The zero-order valence-electron chi connectivity index (χ0n) is 15.0. The van der Waals surface area contributed by atoms with Gasteiger partial charge in [-0.15, -0.1) is 0 Å². The second-order valence-electron chi connectivity index (χ2n) is 6.18. The van der Waals surface area contributed by atoms with Gasteiger partial charge in [-0.2, -0.15) is 0 Å². The number of carbonyl (C=O) groups is 1. The van der Waals surface area contributed by atoms with E-state index in [4.69, 9.17) is 0 Å². The van der Waals surface area contributed by atoms with Gasteiger partial charge in [0.1, 0.15) is 0 Å².